The fourth-order valence-corrected chi connectivity index (χ4v) is 2.15. The highest BCUT2D eigenvalue weighted by Gasteiger charge is 2.53. The molecule has 1 amide bonds. The van der Waals surface area contributed by atoms with Crippen LogP contribution in [0.5, 0.6) is 0 Å². The average molecular weight is 279 g/mol. The van der Waals surface area contributed by atoms with Crippen molar-refractivity contribution in [1.82, 2.24) is 4.90 Å². The number of halogens is 3. The maximum absolute atomic E-state index is 12.7. The van der Waals surface area contributed by atoms with Gasteiger partial charge >= 0.3 is 12.1 Å². The molecule has 19 heavy (non-hydrogen) atoms. The predicted molar refractivity (Wildman–Crippen MR) is 61.3 cm³/mol. The lowest BCUT2D eigenvalue weighted by Crippen LogP contribution is -2.34. The summed E-state index contributed by atoms with van der Waals surface area (Å²) in [7, 11) is 0. The van der Waals surface area contributed by atoms with Crippen molar-refractivity contribution in [2.24, 2.45) is 11.8 Å². The van der Waals surface area contributed by atoms with Gasteiger partial charge in [-0.05, 0) is 12.8 Å². The zero-order valence-electron chi connectivity index (χ0n) is 10.3. The van der Waals surface area contributed by atoms with Gasteiger partial charge in [0.2, 0.25) is 5.91 Å². The van der Waals surface area contributed by atoms with Gasteiger partial charge in [0.1, 0.15) is 0 Å². The summed E-state index contributed by atoms with van der Waals surface area (Å²) >= 11 is 0. The summed E-state index contributed by atoms with van der Waals surface area (Å²) in [5.74, 6) is -5.49. The molecule has 1 saturated heterocycles. The van der Waals surface area contributed by atoms with Gasteiger partial charge < -0.3 is 10.0 Å². The summed E-state index contributed by atoms with van der Waals surface area (Å²) in [5, 5.41) is 8.81. The van der Waals surface area contributed by atoms with Crippen LogP contribution in [0.2, 0.25) is 0 Å². The summed E-state index contributed by atoms with van der Waals surface area (Å²) in [5.41, 5.74) is 0. The van der Waals surface area contributed by atoms with Crippen LogP contribution in [0.25, 0.3) is 0 Å². The number of nitrogens with zero attached hydrogens (tertiary/aromatic N) is 1. The molecule has 1 rings (SSSR count). The average Bonchev–Trinajstić information content (AvgIpc) is 2.73. The van der Waals surface area contributed by atoms with Gasteiger partial charge in [-0.3, -0.25) is 9.59 Å². The minimum atomic E-state index is -4.60. The van der Waals surface area contributed by atoms with Crippen molar-refractivity contribution < 1.29 is 27.9 Å². The molecule has 1 aliphatic rings. The monoisotopic (exact) mass is 279 g/mol. The Hall–Kier alpha value is -1.53. The number of alkyl halides is 3. The summed E-state index contributed by atoms with van der Waals surface area (Å²) in [4.78, 5) is 23.5. The zero-order chi connectivity index (χ0) is 14.6. The molecule has 0 aromatic carbocycles. The summed E-state index contributed by atoms with van der Waals surface area (Å²) in [6.07, 6.45) is -1.75. The molecule has 0 bridgehead atoms. The summed E-state index contributed by atoms with van der Waals surface area (Å²) in [6.45, 7) is 2.55. The molecule has 0 aliphatic carbocycles. The van der Waals surface area contributed by atoms with Crippen molar-refractivity contribution in [3.05, 3.63) is 12.7 Å². The van der Waals surface area contributed by atoms with E-state index < -0.39 is 36.4 Å². The van der Waals surface area contributed by atoms with Crippen LogP contribution in [0.3, 0.4) is 0 Å². The first-order valence-corrected chi connectivity index (χ1v) is 5.95. The van der Waals surface area contributed by atoms with E-state index >= 15 is 0 Å². The molecular weight excluding hydrogens is 263 g/mol. The van der Waals surface area contributed by atoms with Crippen molar-refractivity contribution in [3.63, 3.8) is 0 Å². The highest BCUT2D eigenvalue weighted by Crippen LogP contribution is 2.37. The number of amides is 1. The standard InChI is InChI=1S/C12H16F3NO3/c1-2-3-4-5-10(17)16-6-8(11(18)19)9(7-16)12(13,14)15/h2,8-9H,1,3-7H2,(H,18,19)/t8-,9-/m1/s1. The van der Waals surface area contributed by atoms with Crippen LogP contribution in [0.15, 0.2) is 12.7 Å². The Labute approximate surface area is 108 Å². The van der Waals surface area contributed by atoms with Crippen LogP contribution in [-0.2, 0) is 9.59 Å². The molecule has 0 radical (unpaired) electrons. The predicted octanol–water partition coefficient (Wildman–Crippen LogP) is 2.06. The Morgan fingerprint density at radius 1 is 1.37 bits per heavy atom. The molecule has 0 saturated carbocycles. The van der Waals surface area contributed by atoms with Crippen molar-refractivity contribution in [2.45, 2.75) is 25.4 Å². The number of hydrogen-bond acceptors (Lipinski definition) is 2. The van der Waals surface area contributed by atoms with E-state index in [1.165, 1.54) is 0 Å². The van der Waals surface area contributed by atoms with Crippen LogP contribution in [0, 0.1) is 11.8 Å². The van der Waals surface area contributed by atoms with E-state index in [1.54, 1.807) is 6.08 Å². The fraction of sp³-hybridized carbons (Fsp3) is 0.667. The van der Waals surface area contributed by atoms with Gasteiger partial charge in [0.25, 0.3) is 0 Å². The Morgan fingerprint density at radius 3 is 2.42 bits per heavy atom. The topological polar surface area (TPSA) is 57.6 Å². The van der Waals surface area contributed by atoms with E-state index in [4.69, 9.17) is 5.11 Å². The lowest BCUT2D eigenvalue weighted by molar-refractivity contribution is -0.188. The minimum absolute atomic E-state index is 0.114. The smallest absolute Gasteiger partial charge is 0.394 e. The molecule has 0 aromatic heterocycles. The van der Waals surface area contributed by atoms with Crippen molar-refractivity contribution >= 4 is 11.9 Å². The summed E-state index contributed by atoms with van der Waals surface area (Å²) < 4.78 is 38.1. The maximum Gasteiger partial charge on any atom is 0.394 e. The number of carbonyl (C=O) groups excluding carboxylic acids is 1. The van der Waals surface area contributed by atoms with Crippen molar-refractivity contribution in [2.75, 3.05) is 13.1 Å². The maximum atomic E-state index is 12.7. The van der Waals surface area contributed by atoms with Gasteiger partial charge in [-0.25, -0.2) is 0 Å². The first-order chi connectivity index (χ1) is 8.77. The molecule has 1 fully saturated rings. The minimum Gasteiger partial charge on any atom is -0.481 e. The van der Waals surface area contributed by atoms with E-state index in [9.17, 15) is 22.8 Å². The second kappa shape index (κ2) is 6.08. The number of carboxylic acids is 1. The Morgan fingerprint density at radius 2 is 2.00 bits per heavy atom. The van der Waals surface area contributed by atoms with Crippen LogP contribution in [0.1, 0.15) is 19.3 Å². The molecule has 7 heteroatoms. The molecule has 0 aromatic rings. The van der Waals surface area contributed by atoms with Crippen LogP contribution in [0.4, 0.5) is 13.2 Å². The number of aliphatic carboxylic acids is 1. The first-order valence-electron chi connectivity index (χ1n) is 5.95. The summed E-state index contributed by atoms with van der Waals surface area (Å²) in [6, 6.07) is 0. The molecule has 4 nitrogen and oxygen atoms in total. The van der Waals surface area contributed by atoms with Crippen LogP contribution >= 0.6 is 0 Å². The van der Waals surface area contributed by atoms with Gasteiger partial charge in [0.05, 0.1) is 11.8 Å². The highest BCUT2D eigenvalue weighted by atomic mass is 19.4. The van der Waals surface area contributed by atoms with Gasteiger partial charge in [-0.15, -0.1) is 6.58 Å². The Bertz CT molecular complexity index is 368. The third kappa shape index (κ3) is 3.97. The van der Waals surface area contributed by atoms with Crippen molar-refractivity contribution in [1.29, 1.82) is 0 Å². The van der Waals surface area contributed by atoms with Gasteiger partial charge in [0.15, 0.2) is 0 Å². The first kappa shape index (κ1) is 15.5. The zero-order valence-corrected chi connectivity index (χ0v) is 10.3. The van der Waals surface area contributed by atoms with E-state index in [0.717, 1.165) is 4.90 Å². The largest absolute Gasteiger partial charge is 0.481 e. The molecule has 0 unspecified atom stereocenters. The second-order valence-corrected chi connectivity index (χ2v) is 4.57. The Balaban J connectivity index is 2.67. The number of hydrogen-bond donors (Lipinski definition) is 1. The number of likely N-dealkylation sites (tertiary alicyclic amines) is 1. The lowest BCUT2D eigenvalue weighted by atomic mass is 9.96. The second-order valence-electron chi connectivity index (χ2n) is 4.57. The molecule has 108 valence electrons. The number of unbranched alkanes of at least 4 members (excludes halogenated alkanes) is 1. The van der Waals surface area contributed by atoms with Crippen LogP contribution in [-0.4, -0.2) is 41.1 Å². The highest BCUT2D eigenvalue weighted by molar-refractivity contribution is 5.79. The van der Waals surface area contributed by atoms with E-state index in [1.807, 2.05) is 0 Å². The van der Waals surface area contributed by atoms with E-state index in [0.29, 0.717) is 12.8 Å². The molecule has 2 atom stereocenters. The van der Waals surface area contributed by atoms with E-state index in [-0.39, 0.29) is 13.0 Å². The molecule has 0 spiro atoms. The number of rotatable bonds is 5. The van der Waals surface area contributed by atoms with Crippen LogP contribution < -0.4 is 0 Å². The normalized spacial score (nSPS) is 23.4. The van der Waals surface area contributed by atoms with Gasteiger partial charge in [-0.1, -0.05) is 6.08 Å². The van der Waals surface area contributed by atoms with Crippen molar-refractivity contribution in [3.8, 4) is 0 Å². The SMILES string of the molecule is C=CCCCC(=O)N1C[C@@H](C(F)(F)F)[C@H](C(=O)O)C1. The Kier molecular flexibility index (Phi) is 4.97. The lowest BCUT2D eigenvalue weighted by Gasteiger charge is -2.18. The fourth-order valence-electron chi connectivity index (χ4n) is 2.15. The number of allylic oxidation sites excluding steroid dienone is 1. The number of carbonyl (C=O) groups is 2. The van der Waals surface area contributed by atoms with E-state index in [2.05, 4.69) is 6.58 Å². The molecular formula is C12H16F3NO3. The molecule has 1 N–H and O–H groups in total. The quantitative estimate of drug-likeness (QED) is 0.619. The van der Waals surface area contributed by atoms with Gasteiger partial charge in [0, 0.05) is 19.5 Å². The molecule has 1 heterocycles. The third-order valence-corrected chi connectivity index (χ3v) is 3.21. The van der Waals surface area contributed by atoms with Gasteiger partial charge in [-0.2, -0.15) is 13.2 Å². The third-order valence-electron chi connectivity index (χ3n) is 3.21. The number of carboxylic acid groups (broad SMARTS) is 1. The molecule has 1 aliphatic heterocycles.